The van der Waals surface area contributed by atoms with Gasteiger partial charge in [-0.1, -0.05) is 17.7 Å². The van der Waals surface area contributed by atoms with E-state index in [9.17, 15) is 9.59 Å². The van der Waals surface area contributed by atoms with Crippen molar-refractivity contribution in [3.05, 3.63) is 47.3 Å². The van der Waals surface area contributed by atoms with Gasteiger partial charge in [0.2, 0.25) is 0 Å². The van der Waals surface area contributed by atoms with Crippen molar-refractivity contribution in [3.8, 4) is 5.69 Å². The molecule has 104 valence electrons. The van der Waals surface area contributed by atoms with Gasteiger partial charge in [0, 0.05) is 6.20 Å². The van der Waals surface area contributed by atoms with E-state index in [1.165, 1.54) is 25.1 Å². The zero-order valence-corrected chi connectivity index (χ0v) is 11.4. The molecule has 0 amide bonds. The quantitative estimate of drug-likeness (QED) is 0.797. The van der Waals surface area contributed by atoms with Gasteiger partial charge in [0.15, 0.2) is 5.69 Å². The summed E-state index contributed by atoms with van der Waals surface area (Å²) in [5.74, 6) is -1.32. The van der Waals surface area contributed by atoms with Gasteiger partial charge in [-0.3, -0.25) is 0 Å². The molecule has 0 saturated heterocycles. The highest BCUT2D eigenvalue weighted by atomic mass is 16.5. The van der Waals surface area contributed by atoms with Crippen LogP contribution in [0.2, 0.25) is 0 Å². The number of hydrogen-bond donors (Lipinski definition) is 0. The van der Waals surface area contributed by atoms with Crippen molar-refractivity contribution >= 4 is 11.9 Å². The van der Waals surface area contributed by atoms with Crippen LogP contribution in [0.25, 0.3) is 5.69 Å². The Morgan fingerprint density at radius 2 is 1.65 bits per heavy atom. The number of aromatic nitrogens is 2. The van der Waals surface area contributed by atoms with Gasteiger partial charge in [-0.2, -0.15) is 5.10 Å². The van der Waals surface area contributed by atoms with E-state index < -0.39 is 11.9 Å². The Kier molecular flexibility index (Phi) is 3.84. The summed E-state index contributed by atoms with van der Waals surface area (Å²) in [5.41, 5.74) is 1.83. The van der Waals surface area contributed by atoms with Crippen LogP contribution < -0.4 is 0 Å². The third kappa shape index (κ3) is 2.54. The molecule has 0 fully saturated rings. The average molecular weight is 274 g/mol. The fourth-order valence-corrected chi connectivity index (χ4v) is 1.71. The van der Waals surface area contributed by atoms with Crippen LogP contribution in [0.1, 0.15) is 26.4 Å². The summed E-state index contributed by atoms with van der Waals surface area (Å²) in [7, 11) is 2.47. The Bertz CT molecular complexity index is 610. The van der Waals surface area contributed by atoms with E-state index in [-0.39, 0.29) is 11.3 Å². The fourth-order valence-electron chi connectivity index (χ4n) is 1.71. The Morgan fingerprint density at radius 1 is 1.05 bits per heavy atom. The molecule has 6 heteroatoms. The molecular weight excluding hydrogens is 260 g/mol. The van der Waals surface area contributed by atoms with Crippen molar-refractivity contribution in [2.24, 2.45) is 0 Å². The highest BCUT2D eigenvalue weighted by Crippen LogP contribution is 2.15. The number of rotatable bonds is 3. The monoisotopic (exact) mass is 274 g/mol. The molecule has 2 rings (SSSR count). The SMILES string of the molecule is COC(=O)c1cn(-c2ccc(C)cc2)nc1C(=O)OC. The smallest absolute Gasteiger partial charge is 0.359 e. The summed E-state index contributed by atoms with van der Waals surface area (Å²) >= 11 is 0. The van der Waals surface area contributed by atoms with Gasteiger partial charge in [0.05, 0.1) is 19.9 Å². The van der Waals surface area contributed by atoms with Gasteiger partial charge in [-0.25, -0.2) is 14.3 Å². The molecule has 0 N–H and O–H groups in total. The zero-order chi connectivity index (χ0) is 14.7. The standard InChI is InChI=1S/C14H14N2O4/c1-9-4-6-10(7-5-9)16-8-11(13(17)19-2)12(15-16)14(18)20-3/h4-8H,1-3H3. The largest absolute Gasteiger partial charge is 0.465 e. The van der Waals surface area contributed by atoms with Gasteiger partial charge < -0.3 is 9.47 Å². The van der Waals surface area contributed by atoms with Crippen LogP contribution in [0.4, 0.5) is 0 Å². The summed E-state index contributed by atoms with van der Waals surface area (Å²) in [6.07, 6.45) is 1.45. The minimum Gasteiger partial charge on any atom is -0.465 e. The van der Waals surface area contributed by atoms with Gasteiger partial charge in [-0.05, 0) is 19.1 Å². The van der Waals surface area contributed by atoms with Crippen molar-refractivity contribution < 1.29 is 19.1 Å². The molecule has 2 aromatic rings. The fraction of sp³-hybridized carbons (Fsp3) is 0.214. The second-order valence-corrected chi connectivity index (χ2v) is 4.15. The first-order chi connectivity index (χ1) is 9.56. The van der Waals surface area contributed by atoms with Gasteiger partial charge in [0.25, 0.3) is 0 Å². The molecule has 0 aliphatic heterocycles. The molecule has 0 aliphatic carbocycles. The molecule has 1 aromatic heterocycles. The topological polar surface area (TPSA) is 70.4 Å². The molecule has 0 spiro atoms. The third-order valence-corrected chi connectivity index (χ3v) is 2.80. The third-order valence-electron chi connectivity index (χ3n) is 2.80. The molecule has 0 unspecified atom stereocenters. The molecule has 1 heterocycles. The molecule has 6 nitrogen and oxygen atoms in total. The number of nitrogens with zero attached hydrogens (tertiary/aromatic N) is 2. The van der Waals surface area contributed by atoms with Crippen molar-refractivity contribution in [1.29, 1.82) is 0 Å². The van der Waals surface area contributed by atoms with Crippen molar-refractivity contribution in [1.82, 2.24) is 9.78 Å². The lowest BCUT2D eigenvalue weighted by atomic mass is 10.2. The summed E-state index contributed by atoms with van der Waals surface area (Å²) in [6.45, 7) is 1.96. The lowest BCUT2D eigenvalue weighted by molar-refractivity contribution is 0.0552. The molecule has 0 saturated carbocycles. The van der Waals surface area contributed by atoms with E-state index in [2.05, 4.69) is 14.6 Å². The minimum absolute atomic E-state index is 0.0694. The Balaban J connectivity index is 2.51. The normalized spacial score (nSPS) is 10.2. The lowest BCUT2D eigenvalue weighted by Crippen LogP contribution is -2.10. The highest BCUT2D eigenvalue weighted by Gasteiger charge is 2.23. The summed E-state index contributed by atoms with van der Waals surface area (Å²) < 4.78 is 10.7. The molecule has 0 atom stereocenters. The molecule has 0 aliphatic rings. The van der Waals surface area contributed by atoms with E-state index in [0.29, 0.717) is 0 Å². The van der Waals surface area contributed by atoms with E-state index >= 15 is 0 Å². The number of carbonyl (C=O) groups excluding carboxylic acids is 2. The van der Waals surface area contributed by atoms with Crippen LogP contribution in [-0.2, 0) is 9.47 Å². The maximum absolute atomic E-state index is 11.7. The maximum atomic E-state index is 11.7. The van der Waals surface area contributed by atoms with E-state index in [4.69, 9.17) is 0 Å². The lowest BCUT2D eigenvalue weighted by Gasteiger charge is -2.00. The molecule has 20 heavy (non-hydrogen) atoms. The van der Waals surface area contributed by atoms with E-state index in [1.54, 1.807) is 0 Å². The number of carbonyl (C=O) groups is 2. The van der Waals surface area contributed by atoms with Crippen LogP contribution in [0.15, 0.2) is 30.5 Å². The molecule has 0 radical (unpaired) electrons. The van der Waals surface area contributed by atoms with Gasteiger partial charge >= 0.3 is 11.9 Å². The second-order valence-electron chi connectivity index (χ2n) is 4.15. The van der Waals surface area contributed by atoms with Crippen molar-refractivity contribution in [2.45, 2.75) is 6.92 Å². The number of benzene rings is 1. The summed E-state index contributed by atoms with van der Waals surface area (Å²) in [5, 5.41) is 4.09. The predicted molar refractivity (Wildman–Crippen MR) is 71.0 cm³/mol. The first-order valence-corrected chi connectivity index (χ1v) is 5.90. The first-order valence-electron chi connectivity index (χ1n) is 5.90. The van der Waals surface area contributed by atoms with Gasteiger partial charge in [-0.15, -0.1) is 0 Å². The van der Waals surface area contributed by atoms with Crippen LogP contribution in [-0.4, -0.2) is 35.9 Å². The molecular formula is C14H14N2O4. The number of ether oxygens (including phenoxy) is 2. The Labute approximate surface area is 115 Å². The van der Waals surface area contributed by atoms with Crippen LogP contribution in [0.3, 0.4) is 0 Å². The summed E-state index contributed by atoms with van der Waals surface area (Å²) in [6, 6.07) is 7.49. The Hall–Kier alpha value is -2.63. The van der Waals surface area contributed by atoms with Crippen molar-refractivity contribution in [2.75, 3.05) is 14.2 Å². The Morgan fingerprint density at radius 3 is 2.20 bits per heavy atom. The minimum atomic E-state index is -0.684. The maximum Gasteiger partial charge on any atom is 0.359 e. The highest BCUT2D eigenvalue weighted by molar-refractivity contribution is 6.01. The number of aryl methyl sites for hydroxylation is 1. The number of hydrogen-bond acceptors (Lipinski definition) is 5. The van der Waals surface area contributed by atoms with Crippen LogP contribution in [0, 0.1) is 6.92 Å². The number of methoxy groups -OCH3 is 2. The van der Waals surface area contributed by atoms with Gasteiger partial charge in [0.1, 0.15) is 5.56 Å². The molecule has 1 aromatic carbocycles. The van der Waals surface area contributed by atoms with E-state index in [1.807, 2.05) is 31.2 Å². The first kappa shape index (κ1) is 13.8. The zero-order valence-electron chi connectivity index (χ0n) is 11.4. The second kappa shape index (κ2) is 5.56. The van der Waals surface area contributed by atoms with E-state index in [0.717, 1.165) is 11.3 Å². The summed E-state index contributed by atoms with van der Waals surface area (Å²) in [4.78, 5) is 23.3. The predicted octanol–water partition coefficient (Wildman–Crippen LogP) is 1.75. The van der Waals surface area contributed by atoms with Crippen LogP contribution >= 0.6 is 0 Å². The van der Waals surface area contributed by atoms with Crippen molar-refractivity contribution in [3.63, 3.8) is 0 Å². The molecule has 0 bridgehead atoms. The number of esters is 2. The average Bonchev–Trinajstić information content (AvgIpc) is 2.91. The van der Waals surface area contributed by atoms with Crippen LogP contribution in [0.5, 0.6) is 0 Å².